The fraction of sp³-hybridized carbons (Fsp3) is 0.400. The molecule has 4 heteroatoms. The largest absolute Gasteiger partial charge is 0.482 e. The van der Waals surface area contributed by atoms with Gasteiger partial charge >= 0.3 is 0 Å². The monoisotopic (exact) mass is 258 g/mol. The Bertz CT molecular complexity index is 505. The van der Waals surface area contributed by atoms with Crippen molar-refractivity contribution in [3.8, 4) is 5.75 Å². The van der Waals surface area contributed by atoms with Crippen molar-refractivity contribution in [2.75, 3.05) is 44.2 Å². The van der Waals surface area contributed by atoms with Gasteiger partial charge in [0.2, 0.25) is 5.78 Å². The van der Waals surface area contributed by atoms with Crippen LogP contribution in [0.1, 0.15) is 10.4 Å². The van der Waals surface area contributed by atoms with E-state index in [9.17, 15) is 4.79 Å². The van der Waals surface area contributed by atoms with E-state index in [1.54, 1.807) is 0 Å². The summed E-state index contributed by atoms with van der Waals surface area (Å²) < 4.78 is 5.55. The molecule has 0 atom stereocenters. The van der Waals surface area contributed by atoms with Crippen molar-refractivity contribution < 1.29 is 9.53 Å². The van der Waals surface area contributed by atoms with E-state index in [4.69, 9.17) is 4.74 Å². The predicted octanol–water partition coefficient (Wildman–Crippen LogP) is 1.57. The van der Waals surface area contributed by atoms with E-state index in [0.29, 0.717) is 0 Å². The van der Waals surface area contributed by atoms with Gasteiger partial charge in [0.25, 0.3) is 0 Å². The Morgan fingerprint density at radius 1 is 1.26 bits per heavy atom. The highest BCUT2D eigenvalue weighted by Gasteiger charge is 2.27. The van der Waals surface area contributed by atoms with Gasteiger partial charge in [-0.1, -0.05) is 12.1 Å². The van der Waals surface area contributed by atoms with Crippen molar-refractivity contribution in [1.29, 1.82) is 0 Å². The molecule has 3 rings (SSSR count). The van der Waals surface area contributed by atoms with Gasteiger partial charge in [-0.05, 0) is 12.1 Å². The number of Topliss-reactive ketones (excluding diaryl/α,β-unsaturated/α-hetero) is 1. The Morgan fingerprint density at radius 2 is 2.05 bits per heavy atom. The molecular formula is C15H18N2O2. The summed E-state index contributed by atoms with van der Waals surface area (Å²) in [5, 5.41) is 0. The van der Waals surface area contributed by atoms with Gasteiger partial charge in [0.15, 0.2) is 12.4 Å². The lowest BCUT2D eigenvalue weighted by Crippen LogP contribution is -2.46. The number of benzene rings is 1. The second-order valence-corrected chi connectivity index (χ2v) is 4.94. The maximum Gasteiger partial charge on any atom is 0.204 e. The molecule has 0 radical (unpaired) electrons. The lowest BCUT2D eigenvalue weighted by atomic mass is 10.1. The van der Waals surface area contributed by atoms with E-state index in [1.807, 2.05) is 24.3 Å². The minimum Gasteiger partial charge on any atom is -0.482 e. The first-order chi connectivity index (χ1) is 9.29. The van der Waals surface area contributed by atoms with Crippen LogP contribution in [0, 0.1) is 0 Å². The topological polar surface area (TPSA) is 32.8 Å². The summed E-state index contributed by atoms with van der Waals surface area (Å²) in [6.07, 6.45) is 1.94. The molecule has 0 unspecified atom stereocenters. The van der Waals surface area contributed by atoms with Gasteiger partial charge in [0.05, 0.1) is 11.3 Å². The lowest BCUT2D eigenvalue weighted by molar-refractivity contribution is 0.0961. The van der Waals surface area contributed by atoms with Crippen LogP contribution < -0.4 is 9.64 Å². The summed E-state index contributed by atoms with van der Waals surface area (Å²) in [4.78, 5) is 16.4. The highest BCUT2D eigenvalue weighted by molar-refractivity contribution is 6.04. The summed E-state index contributed by atoms with van der Waals surface area (Å²) in [7, 11) is 0. The molecule has 0 saturated carbocycles. The molecular weight excluding hydrogens is 240 g/mol. The molecule has 0 amide bonds. The van der Waals surface area contributed by atoms with Crippen molar-refractivity contribution in [2.24, 2.45) is 0 Å². The second-order valence-electron chi connectivity index (χ2n) is 4.94. The molecule has 0 aliphatic carbocycles. The molecule has 1 saturated heterocycles. The zero-order chi connectivity index (χ0) is 13.2. The van der Waals surface area contributed by atoms with Crippen LogP contribution in [0.25, 0.3) is 0 Å². The van der Waals surface area contributed by atoms with Gasteiger partial charge in [-0.3, -0.25) is 9.69 Å². The summed E-state index contributed by atoms with van der Waals surface area (Å²) in [5.74, 6) is 0.854. The summed E-state index contributed by atoms with van der Waals surface area (Å²) >= 11 is 0. The van der Waals surface area contributed by atoms with E-state index in [2.05, 4.69) is 16.4 Å². The number of hydrogen-bond acceptors (Lipinski definition) is 4. The maximum absolute atomic E-state index is 11.7. The Hall–Kier alpha value is -1.81. The molecule has 2 aliphatic rings. The third kappa shape index (κ3) is 2.24. The zero-order valence-electron chi connectivity index (χ0n) is 11.0. The Morgan fingerprint density at radius 3 is 2.79 bits per heavy atom. The van der Waals surface area contributed by atoms with Crippen LogP contribution in [0.15, 0.2) is 30.9 Å². The van der Waals surface area contributed by atoms with Crippen LogP contribution in [-0.2, 0) is 0 Å². The van der Waals surface area contributed by atoms with Gasteiger partial charge in [-0.25, -0.2) is 0 Å². The molecule has 2 aliphatic heterocycles. The van der Waals surface area contributed by atoms with Crippen molar-refractivity contribution in [3.63, 3.8) is 0 Å². The number of carbonyl (C=O) groups is 1. The van der Waals surface area contributed by atoms with Gasteiger partial charge in [0, 0.05) is 32.7 Å². The molecule has 2 heterocycles. The number of nitrogens with zero attached hydrogens (tertiary/aromatic N) is 2. The smallest absolute Gasteiger partial charge is 0.204 e. The highest BCUT2D eigenvalue weighted by atomic mass is 16.5. The lowest BCUT2D eigenvalue weighted by Gasteiger charge is -2.36. The van der Waals surface area contributed by atoms with Crippen LogP contribution in [-0.4, -0.2) is 50.0 Å². The number of anilines is 1. The molecule has 0 bridgehead atoms. The number of ketones is 1. The number of rotatable bonds is 3. The normalized spacial score (nSPS) is 19.2. The van der Waals surface area contributed by atoms with Gasteiger partial charge in [-0.2, -0.15) is 0 Å². The first-order valence-electron chi connectivity index (χ1n) is 6.67. The fourth-order valence-corrected chi connectivity index (χ4v) is 2.71. The molecule has 1 fully saturated rings. The zero-order valence-corrected chi connectivity index (χ0v) is 11.0. The van der Waals surface area contributed by atoms with Crippen molar-refractivity contribution in [2.45, 2.75) is 0 Å². The molecule has 0 spiro atoms. The van der Waals surface area contributed by atoms with Gasteiger partial charge in [0.1, 0.15) is 0 Å². The summed E-state index contributed by atoms with van der Waals surface area (Å²) in [6, 6.07) is 5.83. The van der Waals surface area contributed by atoms with E-state index in [-0.39, 0.29) is 12.4 Å². The summed E-state index contributed by atoms with van der Waals surface area (Å²) in [6.45, 7) is 8.85. The average molecular weight is 258 g/mol. The average Bonchev–Trinajstić information content (AvgIpc) is 2.82. The number of piperazine rings is 1. The molecule has 19 heavy (non-hydrogen) atoms. The third-order valence-corrected chi connectivity index (χ3v) is 3.74. The number of fused-ring (bicyclic) bond motifs is 1. The molecule has 1 aromatic rings. The number of para-hydroxylation sites is 1. The molecule has 4 nitrogen and oxygen atoms in total. The van der Waals surface area contributed by atoms with Crippen LogP contribution in [0.3, 0.4) is 0 Å². The Labute approximate surface area is 113 Å². The Kier molecular flexibility index (Phi) is 3.25. The van der Waals surface area contributed by atoms with Crippen LogP contribution in [0.2, 0.25) is 0 Å². The van der Waals surface area contributed by atoms with Gasteiger partial charge in [-0.15, -0.1) is 6.58 Å². The number of hydrogen-bond donors (Lipinski definition) is 0. The minimum absolute atomic E-state index is 0.0853. The molecule has 0 aromatic heterocycles. The standard InChI is InChI=1S/C15H18N2O2/c1-2-6-16-7-9-17(10-8-16)13-5-3-4-12-14(18)11-19-15(12)13/h2-5H,1,6-11H2. The molecule has 0 N–H and O–H groups in total. The first-order valence-corrected chi connectivity index (χ1v) is 6.67. The SMILES string of the molecule is C=CCN1CCN(c2cccc3c2OCC3=O)CC1. The van der Waals surface area contributed by atoms with E-state index in [0.717, 1.165) is 49.7 Å². The predicted molar refractivity (Wildman–Crippen MR) is 75.1 cm³/mol. The summed E-state index contributed by atoms with van der Waals surface area (Å²) in [5.41, 5.74) is 1.78. The van der Waals surface area contributed by atoms with Crippen LogP contribution >= 0.6 is 0 Å². The van der Waals surface area contributed by atoms with E-state index in [1.165, 1.54) is 0 Å². The molecule has 100 valence electrons. The Balaban J connectivity index is 1.78. The third-order valence-electron chi connectivity index (χ3n) is 3.74. The maximum atomic E-state index is 11.7. The van der Waals surface area contributed by atoms with Crippen molar-refractivity contribution in [3.05, 3.63) is 36.4 Å². The van der Waals surface area contributed by atoms with Crippen molar-refractivity contribution in [1.82, 2.24) is 4.90 Å². The van der Waals surface area contributed by atoms with E-state index >= 15 is 0 Å². The highest BCUT2D eigenvalue weighted by Crippen LogP contribution is 2.36. The first kappa shape index (κ1) is 12.2. The number of ether oxygens (including phenoxy) is 1. The van der Waals surface area contributed by atoms with E-state index < -0.39 is 0 Å². The molecule has 1 aromatic carbocycles. The van der Waals surface area contributed by atoms with Crippen LogP contribution in [0.5, 0.6) is 5.75 Å². The van der Waals surface area contributed by atoms with Crippen LogP contribution in [0.4, 0.5) is 5.69 Å². The van der Waals surface area contributed by atoms with Gasteiger partial charge < -0.3 is 9.64 Å². The fourth-order valence-electron chi connectivity index (χ4n) is 2.71. The minimum atomic E-state index is 0.0853. The van der Waals surface area contributed by atoms with Crippen molar-refractivity contribution >= 4 is 11.5 Å². The second kappa shape index (κ2) is 5.05. The quantitative estimate of drug-likeness (QED) is 0.770. The number of carbonyl (C=O) groups excluding carboxylic acids is 1.